The number of aliphatic carboxylic acids is 1. The molecule has 76 valence electrons. The molecule has 0 radical (unpaired) electrons. The zero-order chi connectivity index (χ0) is 10.8. The number of carboxylic acid groups (broad SMARTS) is 1. The minimum atomic E-state index is -0.787. The fourth-order valence-electron chi connectivity index (χ4n) is 1.86. The van der Waals surface area contributed by atoms with Gasteiger partial charge in [-0.1, -0.05) is 36.4 Å². The van der Waals surface area contributed by atoms with Crippen molar-refractivity contribution in [1.29, 1.82) is 0 Å². The number of benzene rings is 2. The van der Waals surface area contributed by atoms with Crippen molar-refractivity contribution in [1.82, 2.24) is 0 Å². The number of aryl methyl sites for hydroxylation is 1. The van der Waals surface area contributed by atoms with Crippen LogP contribution in [0.15, 0.2) is 36.4 Å². The molecule has 2 aromatic rings. The van der Waals surface area contributed by atoms with Gasteiger partial charge in [0.1, 0.15) is 0 Å². The van der Waals surface area contributed by atoms with Crippen molar-refractivity contribution in [3.63, 3.8) is 0 Å². The van der Waals surface area contributed by atoms with Crippen LogP contribution in [0, 0.1) is 6.92 Å². The van der Waals surface area contributed by atoms with Gasteiger partial charge in [0.2, 0.25) is 0 Å². The monoisotopic (exact) mass is 200 g/mol. The molecule has 2 nitrogen and oxygen atoms in total. The van der Waals surface area contributed by atoms with E-state index in [0.29, 0.717) is 0 Å². The fourth-order valence-corrected chi connectivity index (χ4v) is 1.86. The molecule has 0 saturated carbocycles. The molecule has 0 unspecified atom stereocenters. The third-order valence-electron chi connectivity index (χ3n) is 2.48. The van der Waals surface area contributed by atoms with Gasteiger partial charge in [-0.25, -0.2) is 0 Å². The van der Waals surface area contributed by atoms with Gasteiger partial charge in [0.25, 0.3) is 0 Å². The summed E-state index contributed by atoms with van der Waals surface area (Å²) >= 11 is 0. The van der Waals surface area contributed by atoms with Crippen molar-refractivity contribution >= 4 is 16.7 Å². The fraction of sp³-hybridized carbons (Fsp3) is 0.154. The van der Waals surface area contributed by atoms with E-state index in [0.717, 1.165) is 16.5 Å². The van der Waals surface area contributed by atoms with Gasteiger partial charge in [0, 0.05) is 0 Å². The van der Waals surface area contributed by atoms with Gasteiger partial charge >= 0.3 is 5.97 Å². The molecule has 0 heterocycles. The number of rotatable bonds is 2. The van der Waals surface area contributed by atoms with Crippen molar-refractivity contribution in [2.24, 2.45) is 0 Å². The summed E-state index contributed by atoms with van der Waals surface area (Å²) in [6.07, 6.45) is 0.0890. The highest BCUT2D eigenvalue weighted by molar-refractivity contribution is 5.87. The van der Waals surface area contributed by atoms with Crippen molar-refractivity contribution in [3.8, 4) is 0 Å². The normalized spacial score (nSPS) is 10.5. The summed E-state index contributed by atoms with van der Waals surface area (Å²) in [5, 5.41) is 11.0. The maximum absolute atomic E-state index is 10.6. The zero-order valence-corrected chi connectivity index (χ0v) is 8.53. The molecule has 15 heavy (non-hydrogen) atoms. The van der Waals surface area contributed by atoms with Crippen LogP contribution in [-0.4, -0.2) is 11.1 Å². The zero-order valence-electron chi connectivity index (χ0n) is 8.53. The summed E-state index contributed by atoms with van der Waals surface area (Å²) in [6.45, 7) is 2.01. The summed E-state index contributed by atoms with van der Waals surface area (Å²) in [4.78, 5) is 10.6. The molecular weight excluding hydrogens is 188 g/mol. The third kappa shape index (κ3) is 1.99. The Balaban J connectivity index is 2.57. The average molecular weight is 200 g/mol. The van der Waals surface area contributed by atoms with E-state index in [1.165, 1.54) is 5.39 Å². The molecule has 0 aromatic heterocycles. The lowest BCUT2D eigenvalue weighted by Gasteiger charge is -2.05. The molecule has 2 rings (SSSR count). The van der Waals surface area contributed by atoms with Crippen LogP contribution >= 0.6 is 0 Å². The summed E-state index contributed by atoms with van der Waals surface area (Å²) < 4.78 is 0. The highest BCUT2D eigenvalue weighted by Gasteiger charge is 2.03. The quantitative estimate of drug-likeness (QED) is 0.809. The second kappa shape index (κ2) is 3.73. The molecule has 0 amide bonds. The van der Waals surface area contributed by atoms with Crippen LogP contribution in [0.1, 0.15) is 11.1 Å². The Morgan fingerprint density at radius 1 is 1.27 bits per heavy atom. The molecular formula is C13H12O2. The van der Waals surface area contributed by atoms with E-state index < -0.39 is 5.97 Å². The summed E-state index contributed by atoms with van der Waals surface area (Å²) in [5.41, 5.74) is 1.99. The smallest absolute Gasteiger partial charge is 0.307 e. The number of carboxylic acids is 1. The largest absolute Gasteiger partial charge is 0.481 e. The standard InChI is InChI=1S/C13H12O2/c1-9-6-10(8-13(14)15)7-11-4-2-3-5-12(9)11/h2-7H,8H2,1H3,(H,14,15). The lowest BCUT2D eigenvalue weighted by Crippen LogP contribution is -2.00. The Bertz CT molecular complexity index is 515. The van der Waals surface area contributed by atoms with E-state index in [1.54, 1.807) is 0 Å². The molecule has 0 aliphatic rings. The predicted octanol–water partition coefficient (Wildman–Crippen LogP) is 2.78. The highest BCUT2D eigenvalue weighted by atomic mass is 16.4. The van der Waals surface area contributed by atoms with Crippen LogP contribution < -0.4 is 0 Å². The van der Waals surface area contributed by atoms with Gasteiger partial charge in [0.05, 0.1) is 6.42 Å². The van der Waals surface area contributed by atoms with E-state index in [-0.39, 0.29) is 6.42 Å². The van der Waals surface area contributed by atoms with Crippen LogP contribution in [0.3, 0.4) is 0 Å². The molecule has 0 aliphatic heterocycles. The number of carbonyl (C=O) groups is 1. The number of hydrogen-bond donors (Lipinski definition) is 1. The number of fused-ring (bicyclic) bond motifs is 1. The van der Waals surface area contributed by atoms with Crippen molar-refractivity contribution in [2.45, 2.75) is 13.3 Å². The first-order chi connectivity index (χ1) is 7.16. The maximum atomic E-state index is 10.6. The molecule has 2 heteroatoms. The Kier molecular flexibility index (Phi) is 2.42. The van der Waals surface area contributed by atoms with Crippen LogP contribution in [0.5, 0.6) is 0 Å². The minimum absolute atomic E-state index is 0.0890. The SMILES string of the molecule is Cc1cc(CC(=O)O)cc2ccccc12. The third-order valence-corrected chi connectivity index (χ3v) is 2.48. The lowest BCUT2D eigenvalue weighted by molar-refractivity contribution is -0.136. The van der Waals surface area contributed by atoms with E-state index in [4.69, 9.17) is 5.11 Å². The Morgan fingerprint density at radius 2 is 2.00 bits per heavy atom. The molecule has 0 aliphatic carbocycles. The lowest BCUT2D eigenvalue weighted by atomic mass is 10.0. The Morgan fingerprint density at radius 3 is 2.73 bits per heavy atom. The van der Waals surface area contributed by atoms with Gasteiger partial charge in [0.15, 0.2) is 0 Å². The summed E-state index contributed by atoms with van der Waals surface area (Å²) in [5.74, 6) is -0.787. The van der Waals surface area contributed by atoms with Gasteiger partial charge in [-0.3, -0.25) is 4.79 Å². The van der Waals surface area contributed by atoms with Crippen LogP contribution in [0.25, 0.3) is 10.8 Å². The van der Waals surface area contributed by atoms with Gasteiger partial charge in [-0.2, -0.15) is 0 Å². The second-order valence-electron chi connectivity index (χ2n) is 3.70. The first kappa shape index (κ1) is 9.71. The molecule has 0 saturated heterocycles. The van der Waals surface area contributed by atoms with Gasteiger partial charge in [-0.15, -0.1) is 0 Å². The summed E-state index contributed by atoms with van der Waals surface area (Å²) in [7, 11) is 0. The van der Waals surface area contributed by atoms with Crippen LogP contribution in [-0.2, 0) is 11.2 Å². The molecule has 1 N–H and O–H groups in total. The maximum Gasteiger partial charge on any atom is 0.307 e. The second-order valence-corrected chi connectivity index (χ2v) is 3.70. The predicted molar refractivity (Wildman–Crippen MR) is 60.0 cm³/mol. The number of hydrogen-bond acceptors (Lipinski definition) is 1. The van der Waals surface area contributed by atoms with E-state index in [1.807, 2.05) is 37.3 Å². The van der Waals surface area contributed by atoms with Crippen LogP contribution in [0.2, 0.25) is 0 Å². The Hall–Kier alpha value is -1.83. The molecule has 0 fully saturated rings. The highest BCUT2D eigenvalue weighted by Crippen LogP contribution is 2.20. The minimum Gasteiger partial charge on any atom is -0.481 e. The summed E-state index contributed by atoms with van der Waals surface area (Å²) in [6, 6.07) is 11.9. The van der Waals surface area contributed by atoms with Crippen LogP contribution in [0.4, 0.5) is 0 Å². The molecule has 2 aromatic carbocycles. The van der Waals surface area contributed by atoms with E-state index in [2.05, 4.69) is 6.07 Å². The van der Waals surface area contributed by atoms with Crippen molar-refractivity contribution in [3.05, 3.63) is 47.5 Å². The molecule has 0 bridgehead atoms. The first-order valence-corrected chi connectivity index (χ1v) is 4.87. The van der Waals surface area contributed by atoms with Gasteiger partial charge in [-0.05, 0) is 28.8 Å². The topological polar surface area (TPSA) is 37.3 Å². The molecule has 0 atom stereocenters. The van der Waals surface area contributed by atoms with E-state index in [9.17, 15) is 4.79 Å². The van der Waals surface area contributed by atoms with Crippen molar-refractivity contribution < 1.29 is 9.90 Å². The van der Waals surface area contributed by atoms with E-state index >= 15 is 0 Å². The first-order valence-electron chi connectivity index (χ1n) is 4.87. The van der Waals surface area contributed by atoms with Gasteiger partial charge < -0.3 is 5.11 Å². The molecule has 0 spiro atoms. The Labute approximate surface area is 88.2 Å². The van der Waals surface area contributed by atoms with Crippen molar-refractivity contribution in [2.75, 3.05) is 0 Å². The average Bonchev–Trinajstić information content (AvgIpc) is 2.16.